The molecule has 17 heavy (non-hydrogen) atoms. The number of hydrogen-bond acceptors (Lipinski definition) is 2. The number of rotatable bonds is 3. The number of aromatic nitrogens is 1. The average molecular weight is 229 g/mol. The summed E-state index contributed by atoms with van der Waals surface area (Å²) in [6.07, 6.45) is 0.401. The van der Waals surface area contributed by atoms with Gasteiger partial charge in [-0.2, -0.15) is 0 Å². The molecule has 0 unspecified atom stereocenters. The maximum atomic E-state index is 11.2. The Balaban J connectivity index is 2.41. The maximum Gasteiger partial charge on any atom is 0.337 e. The molecule has 0 aliphatic carbocycles. The molecule has 0 bridgehead atoms. The van der Waals surface area contributed by atoms with Gasteiger partial charge >= 0.3 is 5.97 Å². The van der Waals surface area contributed by atoms with Gasteiger partial charge in [-0.1, -0.05) is 30.3 Å². The molecule has 0 fully saturated rings. The molecule has 4 heteroatoms. The minimum absolute atomic E-state index is 0.133. The highest BCUT2D eigenvalue weighted by molar-refractivity contribution is 5.88. The van der Waals surface area contributed by atoms with Crippen molar-refractivity contribution in [1.29, 1.82) is 0 Å². The van der Waals surface area contributed by atoms with Crippen molar-refractivity contribution in [3.8, 4) is 0 Å². The van der Waals surface area contributed by atoms with Crippen molar-refractivity contribution >= 4 is 5.97 Å². The topological polar surface area (TPSA) is 70.2 Å². The first-order valence-electron chi connectivity index (χ1n) is 5.16. The Labute approximate surface area is 97.6 Å². The van der Waals surface area contributed by atoms with Crippen LogP contribution in [0.15, 0.2) is 47.3 Å². The molecule has 0 radical (unpaired) electrons. The Bertz CT molecular complexity index is 587. The van der Waals surface area contributed by atoms with E-state index in [1.54, 1.807) is 0 Å². The molecule has 0 saturated heterocycles. The van der Waals surface area contributed by atoms with E-state index in [4.69, 9.17) is 5.11 Å². The van der Waals surface area contributed by atoms with Gasteiger partial charge in [-0.25, -0.2) is 4.79 Å². The van der Waals surface area contributed by atoms with Crippen molar-refractivity contribution in [1.82, 2.24) is 4.98 Å². The molecular weight excluding hydrogens is 218 g/mol. The van der Waals surface area contributed by atoms with Crippen molar-refractivity contribution in [2.45, 2.75) is 6.42 Å². The first kappa shape index (κ1) is 11.1. The van der Waals surface area contributed by atoms with Gasteiger partial charge in [0, 0.05) is 18.2 Å². The number of aromatic amines is 1. The van der Waals surface area contributed by atoms with Crippen LogP contribution in [0.3, 0.4) is 0 Å². The number of aromatic carboxylic acids is 1. The fraction of sp³-hybridized carbons (Fsp3) is 0.0769. The van der Waals surface area contributed by atoms with Crippen LogP contribution < -0.4 is 5.56 Å². The molecular formula is C13H11NO3. The maximum absolute atomic E-state index is 11.2. The van der Waals surface area contributed by atoms with Gasteiger partial charge < -0.3 is 10.1 Å². The lowest BCUT2D eigenvalue weighted by atomic mass is 10.1. The SMILES string of the molecule is O=C(O)c1ccc(=O)[nH]c1Cc1ccccc1. The molecule has 0 spiro atoms. The van der Waals surface area contributed by atoms with Crippen LogP contribution in [0.5, 0.6) is 0 Å². The van der Waals surface area contributed by atoms with Crippen LogP contribution in [-0.2, 0) is 6.42 Å². The monoisotopic (exact) mass is 229 g/mol. The smallest absolute Gasteiger partial charge is 0.337 e. The molecule has 0 aliphatic rings. The molecule has 1 aromatic heterocycles. The van der Waals surface area contributed by atoms with E-state index < -0.39 is 5.97 Å². The van der Waals surface area contributed by atoms with E-state index >= 15 is 0 Å². The molecule has 2 aromatic rings. The summed E-state index contributed by atoms with van der Waals surface area (Å²) in [6.45, 7) is 0. The summed E-state index contributed by atoms with van der Waals surface area (Å²) >= 11 is 0. The lowest BCUT2D eigenvalue weighted by Gasteiger charge is -2.05. The lowest BCUT2D eigenvalue weighted by Crippen LogP contribution is -2.13. The number of carboxylic acid groups (broad SMARTS) is 1. The number of carbonyl (C=O) groups is 1. The van der Waals surface area contributed by atoms with Crippen LogP contribution >= 0.6 is 0 Å². The highest BCUT2D eigenvalue weighted by atomic mass is 16.4. The number of hydrogen-bond donors (Lipinski definition) is 2. The van der Waals surface area contributed by atoms with Gasteiger partial charge in [-0.05, 0) is 11.6 Å². The Kier molecular flexibility index (Phi) is 3.05. The van der Waals surface area contributed by atoms with Gasteiger partial charge in [0.15, 0.2) is 0 Å². The number of carboxylic acids is 1. The second-order valence-corrected chi connectivity index (χ2v) is 3.68. The van der Waals surface area contributed by atoms with E-state index in [2.05, 4.69) is 4.98 Å². The molecule has 1 aromatic carbocycles. The Morgan fingerprint density at radius 3 is 2.47 bits per heavy atom. The number of H-pyrrole nitrogens is 1. The van der Waals surface area contributed by atoms with Gasteiger partial charge in [-0.15, -0.1) is 0 Å². The zero-order valence-corrected chi connectivity index (χ0v) is 9.01. The summed E-state index contributed by atoms with van der Waals surface area (Å²) in [5, 5.41) is 9.01. The fourth-order valence-electron chi connectivity index (χ4n) is 1.66. The van der Waals surface area contributed by atoms with Crippen LogP contribution in [0.4, 0.5) is 0 Å². The molecule has 2 rings (SSSR count). The highest BCUT2D eigenvalue weighted by Gasteiger charge is 2.10. The van der Waals surface area contributed by atoms with E-state index in [9.17, 15) is 9.59 Å². The predicted octanol–water partition coefficient (Wildman–Crippen LogP) is 1.66. The summed E-state index contributed by atoms with van der Waals surface area (Å²) in [5.41, 5.74) is 1.22. The average Bonchev–Trinajstić information content (AvgIpc) is 2.30. The third-order valence-corrected chi connectivity index (χ3v) is 2.45. The Hall–Kier alpha value is -2.36. The highest BCUT2D eigenvalue weighted by Crippen LogP contribution is 2.10. The number of benzene rings is 1. The van der Waals surface area contributed by atoms with Gasteiger partial charge in [0.1, 0.15) is 0 Å². The van der Waals surface area contributed by atoms with Crippen molar-refractivity contribution in [2.24, 2.45) is 0 Å². The Morgan fingerprint density at radius 2 is 1.82 bits per heavy atom. The summed E-state index contributed by atoms with van der Waals surface area (Å²) < 4.78 is 0. The lowest BCUT2D eigenvalue weighted by molar-refractivity contribution is 0.0695. The molecule has 0 saturated carbocycles. The summed E-state index contributed by atoms with van der Waals surface area (Å²) in [5.74, 6) is -1.04. The van der Waals surface area contributed by atoms with Crippen molar-refractivity contribution in [2.75, 3.05) is 0 Å². The van der Waals surface area contributed by atoms with Crippen molar-refractivity contribution in [3.05, 3.63) is 69.6 Å². The molecule has 4 nitrogen and oxygen atoms in total. The van der Waals surface area contributed by atoms with Crippen LogP contribution in [-0.4, -0.2) is 16.1 Å². The molecule has 0 amide bonds. The van der Waals surface area contributed by atoms with Crippen molar-refractivity contribution < 1.29 is 9.90 Å². The summed E-state index contributed by atoms with van der Waals surface area (Å²) in [7, 11) is 0. The van der Waals surface area contributed by atoms with Crippen LogP contribution in [0.25, 0.3) is 0 Å². The molecule has 86 valence electrons. The third-order valence-electron chi connectivity index (χ3n) is 2.45. The second-order valence-electron chi connectivity index (χ2n) is 3.68. The second kappa shape index (κ2) is 4.65. The van der Waals surface area contributed by atoms with E-state index in [1.165, 1.54) is 12.1 Å². The van der Waals surface area contributed by atoms with E-state index in [1.807, 2.05) is 30.3 Å². The molecule has 2 N–H and O–H groups in total. The molecule has 0 aliphatic heterocycles. The summed E-state index contributed by atoms with van der Waals surface area (Å²) in [6, 6.07) is 12.0. The molecule has 0 atom stereocenters. The molecule has 1 heterocycles. The quantitative estimate of drug-likeness (QED) is 0.840. The minimum Gasteiger partial charge on any atom is -0.478 e. The van der Waals surface area contributed by atoms with Crippen LogP contribution in [0, 0.1) is 0 Å². The third kappa shape index (κ3) is 2.60. The zero-order valence-electron chi connectivity index (χ0n) is 9.01. The van der Waals surface area contributed by atoms with E-state index in [-0.39, 0.29) is 11.1 Å². The number of pyridine rings is 1. The standard InChI is InChI=1S/C13H11NO3/c15-12-7-6-10(13(16)17)11(14-12)8-9-4-2-1-3-5-9/h1-7H,8H2,(H,14,15)(H,16,17). The minimum atomic E-state index is -1.04. The summed E-state index contributed by atoms with van der Waals surface area (Å²) in [4.78, 5) is 24.8. The van der Waals surface area contributed by atoms with Gasteiger partial charge in [0.05, 0.1) is 5.56 Å². The zero-order chi connectivity index (χ0) is 12.3. The van der Waals surface area contributed by atoms with Gasteiger partial charge in [0.2, 0.25) is 5.56 Å². The predicted molar refractivity (Wildman–Crippen MR) is 63.3 cm³/mol. The number of nitrogens with one attached hydrogen (secondary N) is 1. The largest absolute Gasteiger partial charge is 0.478 e. The van der Waals surface area contributed by atoms with Crippen LogP contribution in [0.2, 0.25) is 0 Å². The van der Waals surface area contributed by atoms with Gasteiger partial charge in [-0.3, -0.25) is 4.79 Å². The van der Waals surface area contributed by atoms with E-state index in [0.717, 1.165) is 5.56 Å². The first-order valence-corrected chi connectivity index (χ1v) is 5.16. The van der Waals surface area contributed by atoms with Crippen LogP contribution in [0.1, 0.15) is 21.6 Å². The normalized spacial score (nSPS) is 10.1. The fourth-order valence-corrected chi connectivity index (χ4v) is 1.66. The van der Waals surface area contributed by atoms with E-state index in [0.29, 0.717) is 12.1 Å². The first-order chi connectivity index (χ1) is 8.16. The van der Waals surface area contributed by atoms with Crippen molar-refractivity contribution in [3.63, 3.8) is 0 Å². The Morgan fingerprint density at radius 1 is 1.12 bits per heavy atom. The van der Waals surface area contributed by atoms with Gasteiger partial charge in [0.25, 0.3) is 0 Å².